The number of carbonyl (C=O) groups excluding carboxylic acids is 1. The smallest absolute Gasteiger partial charge is 0.233 e. The number of anilines is 1. The van der Waals surface area contributed by atoms with Gasteiger partial charge in [-0.25, -0.2) is 9.97 Å². The summed E-state index contributed by atoms with van der Waals surface area (Å²) in [6.07, 6.45) is 1.81. The molecule has 25 heavy (non-hydrogen) atoms. The second kappa shape index (κ2) is 7.41. The number of thiazole rings is 1. The third-order valence-electron chi connectivity index (χ3n) is 4.20. The highest BCUT2D eigenvalue weighted by Crippen LogP contribution is 2.29. The van der Waals surface area contributed by atoms with Gasteiger partial charge in [0.05, 0.1) is 16.0 Å². The maximum absolute atomic E-state index is 12.5. The van der Waals surface area contributed by atoms with Crippen LogP contribution in [0.2, 0.25) is 0 Å². The third kappa shape index (κ3) is 3.77. The molecule has 0 aliphatic carbocycles. The number of benzene rings is 1. The fourth-order valence-electron chi connectivity index (χ4n) is 2.85. The molecule has 0 N–H and O–H groups in total. The van der Waals surface area contributed by atoms with Crippen LogP contribution in [-0.4, -0.2) is 52.7 Å². The van der Waals surface area contributed by atoms with Crippen molar-refractivity contribution < 1.29 is 4.79 Å². The lowest BCUT2D eigenvalue weighted by atomic mass is 10.3. The van der Waals surface area contributed by atoms with Gasteiger partial charge in [-0.05, 0) is 24.3 Å². The van der Waals surface area contributed by atoms with E-state index in [0.717, 1.165) is 41.9 Å². The third-order valence-corrected chi connectivity index (χ3v) is 6.36. The fraction of sp³-hybridized carbons (Fsp3) is 0.278. The molecule has 1 aromatic carbocycles. The first-order valence-electron chi connectivity index (χ1n) is 8.22. The Morgan fingerprint density at radius 1 is 1.08 bits per heavy atom. The van der Waals surface area contributed by atoms with Crippen molar-refractivity contribution in [3.8, 4) is 0 Å². The molecule has 1 amide bonds. The Kier molecular flexibility index (Phi) is 4.85. The highest BCUT2D eigenvalue weighted by atomic mass is 32.2. The normalized spacial score (nSPS) is 14.9. The molecule has 1 saturated heterocycles. The van der Waals surface area contributed by atoms with Crippen LogP contribution < -0.4 is 4.90 Å². The molecule has 1 aliphatic rings. The van der Waals surface area contributed by atoms with Crippen molar-refractivity contribution in [2.24, 2.45) is 0 Å². The summed E-state index contributed by atoms with van der Waals surface area (Å²) in [6.45, 7) is 3.15. The number of hydrogen-bond donors (Lipinski definition) is 0. The van der Waals surface area contributed by atoms with E-state index < -0.39 is 0 Å². The molecule has 0 bridgehead atoms. The van der Waals surface area contributed by atoms with Crippen molar-refractivity contribution >= 4 is 45.0 Å². The number of aromatic nitrogens is 2. The summed E-state index contributed by atoms with van der Waals surface area (Å²) in [5, 5.41) is 0. The molecule has 0 spiro atoms. The van der Waals surface area contributed by atoms with Gasteiger partial charge in [-0.3, -0.25) is 4.79 Å². The number of pyridine rings is 1. The molecule has 5 nitrogen and oxygen atoms in total. The van der Waals surface area contributed by atoms with E-state index in [1.54, 1.807) is 11.3 Å². The minimum Gasteiger partial charge on any atom is -0.353 e. The van der Waals surface area contributed by atoms with Crippen molar-refractivity contribution in [2.45, 2.75) is 4.34 Å². The molecule has 0 atom stereocenters. The van der Waals surface area contributed by atoms with Gasteiger partial charge in [0.15, 0.2) is 4.34 Å². The first-order valence-corrected chi connectivity index (χ1v) is 10.0. The van der Waals surface area contributed by atoms with Gasteiger partial charge < -0.3 is 9.80 Å². The summed E-state index contributed by atoms with van der Waals surface area (Å²) in [7, 11) is 0. The maximum Gasteiger partial charge on any atom is 0.233 e. The van der Waals surface area contributed by atoms with E-state index >= 15 is 0 Å². The average Bonchev–Trinajstić information content (AvgIpc) is 3.10. The molecule has 0 unspecified atom stereocenters. The highest BCUT2D eigenvalue weighted by molar-refractivity contribution is 8.01. The zero-order valence-electron chi connectivity index (χ0n) is 13.7. The molecule has 0 saturated carbocycles. The summed E-state index contributed by atoms with van der Waals surface area (Å²) in [4.78, 5) is 25.6. The van der Waals surface area contributed by atoms with Crippen molar-refractivity contribution in [3.63, 3.8) is 0 Å². The molecular formula is C18H18N4OS2. The lowest BCUT2D eigenvalue weighted by Crippen LogP contribution is -2.49. The molecule has 0 radical (unpaired) electrons. The number of carbonyl (C=O) groups is 1. The lowest BCUT2D eigenvalue weighted by Gasteiger charge is -2.35. The predicted molar refractivity (Wildman–Crippen MR) is 103 cm³/mol. The number of amides is 1. The Morgan fingerprint density at radius 3 is 2.64 bits per heavy atom. The van der Waals surface area contributed by atoms with Crippen molar-refractivity contribution in [2.75, 3.05) is 36.8 Å². The van der Waals surface area contributed by atoms with Crippen molar-refractivity contribution in [3.05, 3.63) is 48.7 Å². The van der Waals surface area contributed by atoms with Gasteiger partial charge >= 0.3 is 0 Å². The van der Waals surface area contributed by atoms with E-state index in [0.29, 0.717) is 5.75 Å². The van der Waals surface area contributed by atoms with Gasteiger partial charge in [0, 0.05) is 32.4 Å². The second-order valence-electron chi connectivity index (χ2n) is 5.79. The minimum atomic E-state index is 0.185. The number of thioether (sulfide) groups is 1. The maximum atomic E-state index is 12.5. The van der Waals surface area contributed by atoms with Gasteiger partial charge in [0.1, 0.15) is 5.82 Å². The largest absolute Gasteiger partial charge is 0.353 e. The molecule has 3 heterocycles. The van der Waals surface area contributed by atoms with Crippen LogP contribution in [0.1, 0.15) is 0 Å². The first-order chi connectivity index (χ1) is 12.3. The highest BCUT2D eigenvalue weighted by Gasteiger charge is 2.22. The van der Waals surface area contributed by atoms with Crippen LogP contribution in [0, 0.1) is 0 Å². The first kappa shape index (κ1) is 16.4. The summed E-state index contributed by atoms with van der Waals surface area (Å²) in [6, 6.07) is 14.0. The zero-order valence-corrected chi connectivity index (χ0v) is 15.3. The second-order valence-corrected chi connectivity index (χ2v) is 8.05. The van der Waals surface area contributed by atoms with Crippen LogP contribution in [0.25, 0.3) is 10.2 Å². The van der Waals surface area contributed by atoms with E-state index in [1.807, 2.05) is 47.5 Å². The molecule has 128 valence electrons. The van der Waals surface area contributed by atoms with Gasteiger partial charge in [-0.2, -0.15) is 0 Å². The molecule has 1 aliphatic heterocycles. The fourth-order valence-corrected chi connectivity index (χ4v) is 4.82. The van der Waals surface area contributed by atoms with E-state index in [4.69, 9.17) is 0 Å². The van der Waals surface area contributed by atoms with Gasteiger partial charge in [0.25, 0.3) is 0 Å². The quantitative estimate of drug-likeness (QED) is 0.661. The van der Waals surface area contributed by atoms with E-state index in [1.165, 1.54) is 16.5 Å². The van der Waals surface area contributed by atoms with E-state index in [9.17, 15) is 4.79 Å². The van der Waals surface area contributed by atoms with Gasteiger partial charge in [-0.1, -0.05) is 30.0 Å². The summed E-state index contributed by atoms with van der Waals surface area (Å²) in [5.41, 5.74) is 1.01. The number of fused-ring (bicyclic) bond motifs is 1. The van der Waals surface area contributed by atoms with Crippen molar-refractivity contribution in [1.82, 2.24) is 14.9 Å². The van der Waals surface area contributed by atoms with Crippen molar-refractivity contribution in [1.29, 1.82) is 0 Å². The number of rotatable bonds is 4. The van der Waals surface area contributed by atoms with Crippen LogP contribution in [0.3, 0.4) is 0 Å². The van der Waals surface area contributed by atoms with Crippen LogP contribution in [-0.2, 0) is 4.79 Å². The average molecular weight is 371 g/mol. The SMILES string of the molecule is O=C(CSc1nc2ccccc2s1)N1CCN(c2ccccn2)CC1. The zero-order chi connectivity index (χ0) is 17.1. The summed E-state index contributed by atoms with van der Waals surface area (Å²) < 4.78 is 2.13. The molecular weight excluding hydrogens is 352 g/mol. The lowest BCUT2D eigenvalue weighted by molar-refractivity contribution is -0.128. The molecule has 4 rings (SSSR count). The molecule has 7 heteroatoms. The molecule has 3 aromatic rings. The predicted octanol–water partition coefficient (Wildman–Crippen LogP) is 3.13. The number of para-hydroxylation sites is 1. The standard InChI is InChI=1S/C18H18N4OS2/c23-17(13-24-18-20-14-5-1-2-6-15(14)25-18)22-11-9-21(10-12-22)16-7-3-4-8-19-16/h1-8H,9-13H2. The van der Waals surface area contributed by atoms with Gasteiger partial charge in [0.2, 0.25) is 5.91 Å². The van der Waals surface area contributed by atoms with E-state index in [2.05, 4.69) is 20.9 Å². The number of nitrogens with zero attached hydrogens (tertiary/aromatic N) is 4. The Morgan fingerprint density at radius 2 is 1.88 bits per heavy atom. The Labute approximate surface area is 154 Å². The summed E-state index contributed by atoms with van der Waals surface area (Å²) >= 11 is 3.18. The van der Waals surface area contributed by atoms with E-state index in [-0.39, 0.29) is 5.91 Å². The van der Waals surface area contributed by atoms with Gasteiger partial charge in [-0.15, -0.1) is 11.3 Å². The number of hydrogen-bond acceptors (Lipinski definition) is 6. The summed E-state index contributed by atoms with van der Waals surface area (Å²) in [5.74, 6) is 1.62. The molecule has 2 aromatic heterocycles. The Hall–Kier alpha value is -2.12. The van der Waals surface area contributed by atoms with Crippen LogP contribution >= 0.6 is 23.1 Å². The van der Waals surface area contributed by atoms with Crippen LogP contribution in [0.4, 0.5) is 5.82 Å². The Bertz CT molecular complexity index is 827. The van der Waals surface area contributed by atoms with Crippen LogP contribution in [0.5, 0.6) is 0 Å². The Balaban J connectivity index is 1.30. The minimum absolute atomic E-state index is 0.185. The monoisotopic (exact) mass is 370 g/mol. The number of piperazine rings is 1. The topological polar surface area (TPSA) is 49.3 Å². The van der Waals surface area contributed by atoms with Crippen LogP contribution in [0.15, 0.2) is 53.0 Å². The molecule has 1 fully saturated rings.